The van der Waals surface area contributed by atoms with Crippen molar-refractivity contribution in [3.05, 3.63) is 81.5 Å². The molecular formula is C25H22FNO3S. The summed E-state index contributed by atoms with van der Waals surface area (Å²) >= 11 is 1.63. The maximum Gasteiger partial charge on any atom is 0.198 e. The van der Waals surface area contributed by atoms with Crippen LogP contribution in [0.2, 0.25) is 0 Å². The normalized spacial score (nSPS) is 24.8. The average Bonchev–Trinajstić information content (AvgIpc) is 3.33. The monoisotopic (exact) mass is 435 g/mol. The number of hydrogen-bond acceptors (Lipinski definition) is 5. The summed E-state index contributed by atoms with van der Waals surface area (Å²) in [7, 11) is 0. The van der Waals surface area contributed by atoms with Crippen molar-refractivity contribution in [3.8, 4) is 16.5 Å². The van der Waals surface area contributed by atoms with Crippen molar-refractivity contribution in [1.29, 1.82) is 5.26 Å². The van der Waals surface area contributed by atoms with Gasteiger partial charge in [-0.25, -0.2) is 4.39 Å². The molecule has 5 rings (SSSR count). The number of nitrogens with zero attached hydrogens (tertiary/aromatic N) is 1. The molecule has 3 aromatic rings. The Hall–Kier alpha value is -2.56. The van der Waals surface area contributed by atoms with E-state index >= 15 is 0 Å². The molecule has 4 nitrogen and oxygen atoms in total. The first-order valence-electron chi connectivity index (χ1n) is 10.4. The van der Waals surface area contributed by atoms with Gasteiger partial charge in [0.25, 0.3) is 0 Å². The van der Waals surface area contributed by atoms with Crippen LogP contribution in [0.4, 0.5) is 4.39 Å². The average molecular weight is 436 g/mol. The second-order valence-electron chi connectivity index (χ2n) is 8.29. The maximum atomic E-state index is 13.2. The van der Waals surface area contributed by atoms with E-state index < -0.39 is 11.9 Å². The molecule has 3 heterocycles. The Labute approximate surface area is 184 Å². The predicted molar refractivity (Wildman–Crippen MR) is 116 cm³/mol. The van der Waals surface area contributed by atoms with E-state index in [1.54, 1.807) is 23.5 Å². The minimum Gasteiger partial charge on any atom is -0.393 e. The molecule has 0 aliphatic carbocycles. The summed E-state index contributed by atoms with van der Waals surface area (Å²) in [6.07, 6.45) is 0.999. The predicted octanol–water partition coefficient (Wildman–Crippen LogP) is 5.26. The zero-order chi connectivity index (χ0) is 21.6. The second kappa shape index (κ2) is 7.85. The van der Waals surface area contributed by atoms with Crippen molar-refractivity contribution >= 4 is 11.3 Å². The lowest BCUT2D eigenvalue weighted by Gasteiger charge is -2.39. The molecule has 2 aromatic carbocycles. The smallest absolute Gasteiger partial charge is 0.198 e. The quantitative estimate of drug-likeness (QED) is 0.610. The highest BCUT2D eigenvalue weighted by Gasteiger charge is 2.47. The molecule has 3 atom stereocenters. The van der Waals surface area contributed by atoms with Crippen LogP contribution in [0.25, 0.3) is 10.4 Å². The van der Waals surface area contributed by atoms with Crippen LogP contribution in [0.5, 0.6) is 0 Å². The minimum absolute atomic E-state index is 0.107. The zero-order valence-electron chi connectivity index (χ0n) is 17.1. The highest BCUT2D eigenvalue weighted by molar-refractivity contribution is 7.15. The third-order valence-corrected chi connectivity index (χ3v) is 7.11. The Kier molecular flexibility index (Phi) is 5.15. The van der Waals surface area contributed by atoms with Crippen molar-refractivity contribution in [2.45, 2.75) is 50.8 Å². The number of benzene rings is 2. The van der Waals surface area contributed by atoms with Crippen LogP contribution in [0.3, 0.4) is 0 Å². The number of halogens is 1. The Morgan fingerprint density at radius 1 is 1.23 bits per heavy atom. The van der Waals surface area contributed by atoms with Crippen molar-refractivity contribution in [2.75, 3.05) is 0 Å². The summed E-state index contributed by atoms with van der Waals surface area (Å²) in [5, 5.41) is 20.1. The fraction of sp³-hybridized carbons (Fsp3) is 0.320. The molecule has 6 heteroatoms. The minimum atomic E-state index is -0.941. The van der Waals surface area contributed by atoms with Gasteiger partial charge in [-0.2, -0.15) is 5.26 Å². The van der Waals surface area contributed by atoms with E-state index in [1.165, 1.54) is 12.1 Å². The van der Waals surface area contributed by atoms with Gasteiger partial charge in [0.15, 0.2) is 5.79 Å². The standard InChI is InChI=1S/C25H22FNO3S/c1-15-8-21(28)12-25(30-15)23-11-17(18(13-27)9-19(23)14-29-25)10-22-6-7-24(31-22)16-2-4-20(26)5-3-16/h2-7,9,11,15,21,28H,8,10,12,14H2,1H3/t15-,21+,25-/m1/s1. The van der Waals surface area contributed by atoms with E-state index in [9.17, 15) is 14.8 Å². The van der Waals surface area contributed by atoms with Gasteiger partial charge in [-0.1, -0.05) is 12.1 Å². The molecule has 0 saturated carbocycles. The van der Waals surface area contributed by atoms with Gasteiger partial charge in [0.1, 0.15) is 5.82 Å². The van der Waals surface area contributed by atoms with Crippen LogP contribution < -0.4 is 0 Å². The first kappa shape index (κ1) is 20.3. The van der Waals surface area contributed by atoms with Crippen LogP contribution in [-0.4, -0.2) is 17.3 Å². The van der Waals surface area contributed by atoms with Crippen LogP contribution in [-0.2, 0) is 28.3 Å². The fourth-order valence-electron chi connectivity index (χ4n) is 4.58. The largest absolute Gasteiger partial charge is 0.393 e. The molecule has 0 radical (unpaired) electrons. The molecule has 2 aliphatic heterocycles. The molecule has 158 valence electrons. The molecule has 1 fully saturated rings. The first-order valence-corrected chi connectivity index (χ1v) is 11.2. The van der Waals surface area contributed by atoms with Crippen LogP contribution in [0.15, 0.2) is 48.5 Å². The first-order chi connectivity index (χ1) is 15.0. The summed E-state index contributed by atoms with van der Waals surface area (Å²) < 4.78 is 25.5. The molecule has 2 aliphatic rings. The highest BCUT2D eigenvalue weighted by atomic mass is 32.1. The number of hydrogen-bond donors (Lipinski definition) is 1. The van der Waals surface area contributed by atoms with Gasteiger partial charge in [-0.15, -0.1) is 11.3 Å². The molecular weight excluding hydrogens is 413 g/mol. The lowest BCUT2D eigenvalue weighted by Crippen LogP contribution is -2.43. The van der Waals surface area contributed by atoms with Gasteiger partial charge in [0.05, 0.1) is 30.4 Å². The van der Waals surface area contributed by atoms with Crippen LogP contribution >= 0.6 is 11.3 Å². The third-order valence-electron chi connectivity index (χ3n) is 5.98. The summed E-state index contributed by atoms with van der Waals surface area (Å²) in [4.78, 5) is 2.17. The Morgan fingerprint density at radius 2 is 2.03 bits per heavy atom. The number of aliphatic hydroxyl groups is 1. The molecule has 1 saturated heterocycles. The van der Waals surface area contributed by atoms with E-state index in [-0.39, 0.29) is 11.9 Å². The van der Waals surface area contributed by atoms with Crippen LogP contribution in [0, 0.1) is 17.1 Å². The number of aliphatic hydroxyl groups excluding tert-OH is 1. The molecule has 0 amide bonds. The van der Waals surface area contributed by atoms with Crippen LogP contribution in [0.1, 0.15) is 46.9 Å². The lowest BCUT2D eigenvalue weighted by molar-refractivity contribution is -0.295. The lowest BCUT2D eigenvalue weighted by atomic mass is 9.89. The number of ether oxygens (including phenoxy) is 2. The summed E-state index contributed by atoms with van der Waals surface area (Å²) in [5.74, 6) is -1.19. The fourth-order valence-corrected chi connectivity index (χ4v) is 5.62. The number of rotatable bonds is 3. The summed E-state index contributed by atoms with van der Waals surface area (Å²) in [5.41, 5.74) is 4.37. The number of thiophene rings is 1. The molecule has 1 spiro atoms. The number of nitriles is 1. The van der Waals surface area contributed by atoms with Crippen molar-refractivity contribution in [1.82, 2.24) is 0 Å². The molecule has 0 bridgehead atoms. The molecule has 31 heavy (non-hydrogen) atoms. The Morgan fingerprint density at radius 3 is 2.77 bits per heavy atom. The molecule has 0 unspecified atom stereocenters. The van der Waals surface area contributed by atoms with E-state index in [1.807, 2.05) is 31.2 Å². The molecule has 1 aromatic heterocycles. The van der Waals surface area contributed by atoms with Crippen molar-refractivity contribution in [3.63, 3.8) is 0 Å². The number of fused-ring (bicyclic) bond motifs is 2. The van der Waals surface area contributed by atoms with E-state index in [2.05, 4.69) is 6.07 Å². The van der Waals surface area contributed by atoms with Gasteiger partial charge in [-0.05, 0) is 66.4 Å². The van der Waals surface area contributed by atoms with E-state index in [0.717, 1.165) is 32.0 Å². The van der Waals surface area contributed by atoms with E-state index in [4.69, 9.17) is 9.47 Å². The van der Waals surface area contributed by atoms with E-state index in [0.29, 0.717) is 31.4 Å². The summed E-state index contributed by atoms with van der Waals surface area (Å²) in [6.45, 7) is 2.32. The molecule has 1 N–H and O–H groups in total. The topological polar surface area (TPSA) is 62.5 Å². The van der Waals surface area contributed by atoms with Gasteiger partial charge in [-0.3, -0.25) is 0 Å². The van der Waals surface area contributed by atoms with Crippen molar-refractivity contribution in [2.24, 2.45) is 0 Å². The van der Waals surface area contributed by atoms with Gasteiger partial charge in [0.2, 0.25) is 0 Å². The van der Waals surface area contributed by atoms with Crippen molar-refractivity contribution < 1.29 is 19.0 Å². The Bertz CT molecular complexity index is 1150. The van der Waals surface area contributed by atoms with Gasteiger partial charge < -0.3 is 14.6 Å². The summed E-state index contributed by atoms with van der Waals surface area (Å²) in [6, 6.07) is 16.8. The van der Waals surface area contributed by atoms with Gasteiger partial charge in [0, 0.05) is 28.2 Å². The van der Waals surface area contributed by atoms with Gasteiger partial charge >= 0.3 is 0 Å². The zero-order valence-corrected chi connectivity index (χ0v) is 17.9. The second-order valence-corrected chi connectivity index (χ2v) is 9.46. The Balaban J connectivity index is 1.47. The highest BCUT2D eigenvalue weighted by Crippen LogP contribution is 2.46. The maximum absolute atomic E-state index is 13.2. The SMILES string of the molecule is C[C@@H]1C[C@H](O)C[C@@]2(OCc3cc(C#N)c(Cc4ccc(-c5ccc(F)cc5)s4)cc32)O1. The third kappa shape index (κ3) is 3.79.